The second-order valence-electron chi connectivity index (χ2n) is 6.02. The van der Waals surface area contributed by atoms with Crippen LogP contribution in [-0.2, 0) is 0 Å². The standard InChI is InChI=1S/C16H26N2O2/c1-13(2)11-17-6-8-18(9-7-17)16(12-19)14-4-3-5-15(20)10-14/h3-5,10,13,16,19-20H,6-9,11-12H2,1-2H3. The summed E-state index contributed by atoms with van der Waals surface area (Å²) in [5.74, 6) is 0.959. The Bertz CT molecular complexity index is 415. The Balaban J connectivity index is 1.97. The van der Waals surface area contributed by atoms with Crippen molar-refractivity contribution >= 4 is 0 Å². The molecular weight excluding hydrogens is 252 g/mol. The van der Waals surface area contributed by atoms with E-state index in [1.165, 1.54) is 0 Å². The quantitative estimate of drug-likeness (QED) is 0.860. The first-order valence-electron chi connectivity index (χ1n) is 7.46. The molecule has 1 saturated heterocycles. The summed E-state index contributed by atoms with van der Waals surface area (Å²) >= 11 is 0. The van der Waals surface area contributed by atoms with Crippen molar-refractivity contribution < 1.29 is 10.2 Å². The Morgan fingerprint density at radius 3 is 2.40 bits per heavy atom. The summed E-state index contributed by atoms with van der Waals surface area (Å²) in [7, 11) is 0. The maximum absolute atomic E-state index is 9.70. The summed E-state index contributed by atoms with van der Waals surface area (Å²) in [5.41, 5.74) is 0.991. The molecule has 1 atom stereocenters. The highest BCUT2D eigenvalue weighted by Gasteiger charge is 2.24. The van der Waals surface area contributed by atoms with Gasteiger partial charge in [-0.1, -0.05) is 26.0 Å². The largest absolute Gasteiger partial charge is 0.508 e. The van der Waals surface area contributed by atoms with Crippen LogP contribution in [0.4, 0.5) is 0 Å². The SMILES string of the molecule is CC(C)CN1CCN(C(CO)c2cccc(O)c2)CC1. The maximum atomic E-state index is 9.70. The van der Waals surface area contributed by atoms with E-state index in [9.17, 15) is 10.2 Å². The molecule has 1 aromatic carbocycles. The van der Waals surface area contributed by atoms with Gasteiger partial charge in [0.2, 0.25) is 0 Å². The van der Waals surface area contributed by atoms with E-state index in [0.29, 0.717) is 5.92 Å². The highest BCUT2D eigenvalue weighted by molar-refractivity contribution is 5.29. The van der Waals surface area contributed by atoms with Gasteiger partial charge in [0.1, 0.15) is 5.75 Å². The lowest BCUT2D eigenvalue weighted by Gasteiger charge is -2.39. The van der Waals surface area contributed by atoms with Crippen LogP contribution in [0.5, 0.6) is 5.75 Å². The zero-order valence-electron chi connectivity index (χ0n) is 12.5. The summed E-state index contributed by atoms with van der Waals surface area (Å²) in [6.07, 6.45) is 0. The van der Waals surface area contributed by atoms with E-state index in [4.69, 9.17) is 0 Å². The van der Waals surface area contributed by atoms with Crippen molar-refractivity contribution in [2.75, 3.05) is 39.3 Å². The molecule has 4 nitrogen and oxygen atoms in total. The van der Waals surface area contributed by atoms with Crippen LogP contribution in [0, 0.1) is 5.92 Å². The molecule has 0 radical (unpaired) electrons. The Labute approximate surface area is 121 Å². The van der Waals surface area contributed by atoms with Gasteiger partial charge in [0, 0.05) is 32.7 Å². The second-order valence-corrected chi connectivity index (χ2v) is 6.02. The molecule has 4 heteroatoms. The van der Waals surface area contributed by atoms with Crippen molar-refractivity contribution in [1.29, 1.82) is 0 Å². The van der Waals surface area contributed by atoms with Gasteiger partial charge < -0.3 is 15.1 Å². The maximum Gasteiger partial charge on any atom is 0.115 e. The van der Waals surface area contributed by atoms with Crippen molar-refractivity contribution in [3.05, 3.63) is 29.8 Å². The van der Waals surface area contributed by atoms with Gasteiger partial charge in [-0.25, -0.2) is 0 Å². The van der Waals surface area contributed by atoms with E-state index in [1.807, 2.05) is 12.1 Å². The average Bonchev–Trinajstić information content (AvgIpc) is 2.41. The van der Waals surface area contributed by atoms with Gasteiger partial charge in [-0.3, -0.25) is 4.90 Å². The summed E-state index contributed by atoms with van der Waals surface area (Å²) in [4.78, 5) is 4.80. The monoisotopic (exact) mass is 278 g/mol. The lowest BCUT2D eigenvalue weighted by molar-refractivity contribution is 0.0606. The number of hydrogen-bond acceptors (Lipinski definition) is 4. The first-order chi connectivity index (χ1) is 9.60. The van der Waals surface area contributed by atoms with Crippen LogP contribution in [0.2, 0.25) is 0 Å². The fourth-order valence-corrected chi connectivity index (χ4v) is 2.94. The number of rotatable bonds is 5. The summed E-state index contributed by atoms with van der Waals surface area (Å²) in [5, 5.41) is 19.3. The molecule has 0 saturated carbocycles. The number of nitrogens with zero attached hydrogens (tertiary/aromatic N) is 2. The van der Waals surface area contributed by atoms with Gasteiger partial charge in [0.05, 0.1) is 12.6 Å². The van der Waals surface area contributed by atoms with E-state index < -0.39 is 0 Å². The lowest BCUT2D eigenvalue weighted by atomic mass is 10.0. The number of aliphatic hydroxyl groups is 1. The number of phenols is 1. The summed E-state index contributed by atoms with van der Waals surface area (Å²) in [6, 6.07) is 7.21. The van der Waals surface area contributed by atoms with E-state index >= 15 is 0 Å². The summed E-state index contributed by atoms with van der Waals surface area (Å²) in [6.45, 7) is 9.75. The van der Waals surface area contributed by atoms with Crippen LogP contribution >= 0.6 is 0 Å². The minimum absolute atomic E-state index is 0.0108. The fraction of sp³-hybridized carbons (Fsp3) is 0.625. The molecule has 1 unspecified atom stereocenters. The number of aromatic hydroxyl groups is 1. The molecule has 20 heavy (non-hydrogen) atoms. The van der Waals surface area contributed by atoms with Gasteiger partial charge >= 0.3 is 0 Å². The van der Waals surface area contributed by atoms with Gasteiger partial charge in [-0.15, -0.1) is 0 Å². The predicted molar refractivity (Wildman–Crippen MR) is 80.8 cm³/mol. The summed E-state index contributed by atoms with van der Waals surface area (Å²) < 4.78 is 0. The highest BCUT2D eigenvalue weighted by atomic mass is 16.3. The molecule has 1 aliphatic heterocycles. The van der Waals surface area contributed by atoms with Crippen LogP contribution in [-0.4, -0.2) is 59.3 Å². The van der Waals surface area contributed by atoms with Crippen molar-refractivity contribution in [2.45, 2.75) is 19.9 Å². The molecule has 0 amide bonds. The molecule has 2 rings (SSSR count). The highest BCUT2D eigenvalue weighted by Crippen LogP contribution is 2.24. The Hall–Kier alpha value is -1.10. The number of piperazine rings is 1. The van der Waals surface area contributed by atoms with Crippen LogP contribution in [0.15, 0.2) is 24.3 Å². The second kappa shape index (κ2) is 7.07. The Kier molecular flexibility index (Phi) is 5.40. The van der Waals surface area contributed by atoms with Gasteiger partial charge in [0.15, 0.2) is 0 Å². The molecule has 112 valence electrons. The zero-order valence-corrected chi connectivity index (χ0v) is 12.5. The zero-order chi connectivity index (χ0) is 14.5. The van der Waals surface area contributed by atoms with Crippen molar-refractivity contribution in [2.24, 2.45) is 5.92 Å². The molecule has 1 heterocycles. The molecule has 2 N–H and O–H groups in total. The normalized spacial score (nSPS) is 19.4. The minimum Gasteiger partial charge on any atom is -0.508 e. The Morgan fingerprint density at radius 2 is 1.85 bits per heavy atom. The molecule has 0 spiro atoms. The third kappa shape index (κ3) is 3.95. The van der Waals surface area contributed by atoms with E-state index in [1.54, 1.807) is 12.1 Å². The van der Waals surface area contributed by atoms with Crippen molar-refractivity contribution in [1.82, 2.24) is 9.80 Å². The first-order valence-corrected chi connectivity index (χ1v) is 7.46. The molecule has 0 aromatic heterocycles. The Morgan fingerprint density at radius 1 is 1.15 bits per heavy atom. The van der Waals surface area contributed by atoms with E-state index in [-0.39, 0.29) is 18.4 Å². The molecule has 0 bridgehead atoms. The predicted octanol–water partition coefficient (Wildman–Crippen LogP) is 1.70. The smallest absolute Gasteiger partial charge is 0.115 e. The molecular formula is C16H26N2O2. The van der Waals surface area contributed by atoms with Crippen LogP contribution in [0.3, 0.4) is 0 Å². The van der Waals surface area contributed by atoms with Crippen LogP contribution in [0.1, 0.15) is 25.5 Å². The third-order valence-corrected chi connectivity index (χ3v) is 3.90. The van der Waals surface area contributed by atoms with Crippen LogP contribution < -0.4 is 0 Å². The number of aliphatic hydroxyl groups excluding tert-OH is 1. The van der Waals surface area contributed by atoms with Crippen LogP contribution in [0.25, 0.3) is 0 Å². The van der Waals surface area contributed by atoms with E-state index in [2.05, 4.69) is 23.6 Å². The van der Waals surface area contributed by atoms with Gasteiger partial charge in [0.25, 0.3) is 0 Å². The molecule has 1 fully saturated rings. The number of phenolic OH excluding ortho intramolecular Hbond substituents is 1. The topological polar surface area (TPSA) is 46.9 Å². The third-order valence-electron chi connectivity index (χ3n) is 3.90. The molecule has 1 aliphatic rings. The lowest BCUT2D eigenvalue weighted by Crippen LogP contribution is -2.49. The van der Waals surface area contributed by atoms with Gasteiger partial charge in [-0.05, 0) is 23.6 Å². The minimum atomic E-state index is -0.0108. The van der Waals surface area contributed by atoms with E-state index in [0.717, 1.165) is 38.3 Å². The number of benzene rings is 1. The van der Waals surface area contributed by atoms with Crippen molar-refractivity contribution in [3.8, 4) is 5.75 Å². The van der Waals surface area contributed by atoms with Crippen molar-refractivity contribution in [3.63, 3.8) is 0 Å². The molecule has 0 aliphatic carbocycles. The van der Waals surface area contributed by atoms with Gasteiger partial charge in [-0.2, -0.15) is 0 Å². The number of hydrogen-bond donors (Lipinski definition) is 2. The fourth-order valence-electron chi connectivity index (χ4n) is 2.94. The molecule has 1 aromatic rings. The average molecular weight is 278 g/mol. The first kappa shape index (κ1) is 15.3.